The lowest BCUT2D eigenvalue weighted by atomic mass is 9.77. The molecule has 2 aromatic rings. The van der Waals surface area contributed by atoms with E-state index in [1.807, 2.05) is 6.07 Å². The van der Waals surface area contributed by atoms with E-state index in [0.29, 0.717) is 61.7 Å². The van der Waals surface area contributed by atoms with Crippen molar-refractivity contribution in [1.29, 1.82) is 0 Å². The van der Waals surface area contributed by atoms with Crippen molar-refractivity contribution in [3.63, 3.8) is 0 Å². The van der Waals surface area contributed by atoms with Crippen LogP contribution in [0.25, 0.3) is 5.82 Å². The molecule has 0 saturated carbocycles. The highest BCUT2D eigenvalue weighted by Crippen LogP contribution is 2.44. The number of carbonyl (C=O) groups is 2. The van der Waals surface area contributed by atoms with Crippen LogP contribution in [-0.4, -0.2) is 98.5 Å². The molecule has 2 aromatic heterocycles. The molecule has 34 heavy (non-hydrogen) atoms. The summed E-state index contributed by atoms with van der Waals surface area (Å²) in [5, 5.41) is 21.7. The SMILES string of the molecule is COCC1=C(N2CCC3(CCN(CC(O)c4ccc(-n5cnnn5)nc4)CC3)C2=O)COC1=O. The van der Waals surface area contributed by atoms with Crippen molar-refractivity contribution in [2.75, 3.05) is 46.5 Å². The molecule has 180 valence electrons. The molecular weight excluding hydrogens is 442 g/mol. The van der Waals surface area contributed by atoms with Crippen LogP contribution in [0.2, 0.25) is 0 Å². The van der Waals surface area contributed by atoms with Crippen molar-refractivity contribution in [2.24, 2.45) is 5.41 Å². The average Bonchev–Trinajstić information content (AvgIpc) is 3.58. The molecule has 12 heteroatoms. The van der Waals surface area contributed by atoms with Gasteiger partial charge in [-0.2, -0.15) is 4.68 Å². The fourth-order valence-corrected chi connectivity index (χ4v) is 5.01. The summed E-state index contributed by atoms with van der Waals surface area (Å²) in [6.07, 6.45) is 4.58. The number of aromatic nitrogens is 5. The number of likely N-dealkylation sites (tertiary alicyclic amines) is 2. The molecule has 2 saturated heterocycles. The Labute approximate surface area is 196 Å². The molecule has 1 N–H and O–H groups in total. The highest BCUT2D eigenvalue weighted by Gasteiger charge is 2.50. The smallest absolute Gasteiger partial charge is 0.338 e. The summed E-state index contributed by atoms with van der Waals surface area (Å²) >= 11 is 0. The standard InChI is InChI=1S/C22H27N7O5/c1-33-12-16-17(13-34-20(16)31)28-9-6-22(21(28)32)4-7-27(8-5-22)11-18(30)15-2-3-19(23-10-15)29-14-24-25-26-29/h2-3,10,14,18,30H,4-9,11-13H2,1H3. The maximum absolute atomic E-state index is 13.4. The van der Waals surface area contributed by atoms with Gasteiger partial charge in [-0.15, -0.1) is 5.10 Å². The largest absolute Gasteiger partial charge is 0.456 e. The lowest BCUT2D eigenvalue weighted by molar-refractivity contribution is -0.139. The van der Waals surface area contributed by atoms with Gasteiger partial charge in [0.1, 0.15) is 12.9 Å². The molecule has 1 unspecified atom stereocenters. The van der Waals surface area contributed by atoms with E-state index in [9.17, 15) is 14.7 Å². The Bertz CT molecular complexity index is 1080. The van der Waals surface area contributed by atoms with E-state index in [2.05, 4.69) is 25.4 Å². The molecule has 0 bridgehead atoms. The first kappa shape index (κ1) is 22.6. The minimum absolute atomic E-state index is 0.0667. The average molecular weight is 470 g/mol. The molecule has 5 rings (SSSR count). The van der Waals surface area contributed by atoms with Gasteiger partial charge in [0.2, 0.25) is 5.91 Å². The Morgan fingerprint density at radius 2 is 2.00 bits per heavy atom. The summed E-state index contributed by atoms with van der Waals surface area (Å²) < 4.78 is 11.7. The number of aliphatic hydroxyl groups is 1. The number of esters is 1. The lowest BCUT2D eigenvalue weighted by Crippen LogP contribution is -2.45. The second-order valence-corrected chi connectivity index (χ2v) is 8.94. The van der Waals surface area contributed by atoms with Crippen LogP contribution >= 0.6 is 0 Å². The maximum Gasteiger partial charge on any atom is 0.338 e. The minimum Gasteiger partial charge on any atom is -0.456 e. The summed E-state index contributed by atoms with van der Waals surface area (Å²) in [7, 11) is 1.52. The zero-order chi connectivity index (χ0) is 23.7. The monoisotopic (exact) mass is 469 g/mol. The zero-order valence-corrected chi connectivity index (χ0v) is 19.0. The number of tetrazole rings is 1. The Hall–Kier alpha value is -3.22. The summed E-state index contributed by atoms with van der Waals surface area (Å²) in [5.74, 6) is 0.232. The third kappa shape index (κ3) is 4.08. The fourth-order valence-electron chi connectivity index (χ4n) is 5.01. The first-order valence-corrected chi connectivity index (χ1v) is 11.3. The number of hydrogen-bond acceptors (Lipinski definition) is 10. The van der Waals surface area contributed by atoms with Crippen LogP contribution < -0.4 is 0 Å². The van der Waals surface area contributed by atoms with Gasteiger partial charge in [-0.25, -0.2) is 9.78 Å². The van der Waals surface area contributed by atoms with Gasteiger partial charge >= 0.3 is 5.97 Å². The first-order valence-electron chi connectivity index (χ1n) is 11.3. The van der Waals surface area contributed by atoms with E-state index in [1.165, 1.54) is 18.1 Å². The summed E-state index contributed by atoms with van der Waals surface area (Å²) in [5.41, 5.74) is 1.37. The molecule has 1 atom stereocenters. The van der Waals surface area contributed by atoms with E-state index in [-0.39, 0.29) is 19.1 Å². The molecule has 0 radical (unpaired) electrons. The second-order valence-electron chi connectivity index (χ2n) is 8.94. The first-order chi connectivity index (χ1) is 16.5. The Morgan fingerprint density at radius 1 is 1.21 bits per heavy atom. The Balaban J connectivity index is 1.19. The Morgan fingerprint density at radius 3 is 2.68 bits per heavy atom. The van der Waals surface area contributed by atoms with E-state index in [1.54, 1.807) is 17.2 Å². The molecule has 3 aliphatic rings. The summed E-state index contributed by atoms with van der Waals surface area (Å²) in [6.45, 7) is 2.74. The van der Waals surface area contributed by atoms with Crippen LogP contribution in [0.5, 0.6) is 0 Å². The number of hydrogen-bond donors (Lipinski definition) is 1. The van der Waals surface area contributed by atoms with Gasteiger partial charge in [-0.3, -0.25) is 4.79 Å². The van der Waals surface area contributed by atoms with Gasteiger partial charge in [-0.05, 0) is 48.8 Å². The van der Waals surface area contributed by atoms with Crippen molar-refractivity contribution in [3.05, 3.63) is 41.5 Å². The van der Waals surface area contributed by atoms with Gasteiger partial charge in [0.15, 0.2) is 5.82 Å². The van der Waals surface area contributed by atoms with Crippen LogP contribution in [0.3, 0.4) is 0 Å². The van der Waals surface area contributed by atoms with Gasteiger partial charge < -0.3 is 24.4 Å². The van der Waals surface area contributed by atoms with E-state index in [0.717, 1.165) is 6.42 Å². The highest BCUT2D eigenvalue weighted by atomic mass is 16.5. The molecule has 12 nitrogen and oxygen atoms in total. The van der Waals surface area contributed by atoms with E-state index < -0.39 is 17.5 Å². The third-order valence-corrected chi connectivity index (χ3v) is 7.05. The number of aliphatic hydroxyl groups excluding tert-OH is 1. The number of ether oxygens (including phenoxy) is 2. The molecule has 2 fully saturated rings. The number of cyclic esters (lactones) is 1. The number of rotatable bonds is 7. The number of piperidine rings is 1. The summed E-state index contributed by atoms with van der Waals surface area (Å²) in [4.78, 5) is 33.6. The molecule has 1 amide bonds. The van der Waals surface area contributed by atoms with Crippen molar-refractivity contribution < 1.29 is 24.2 Å². The van der Waals surface area contributed by atoms with E-state index >= 15 is 0 Å². The Kier molecular flexibility index (Phi) is 6.11. The number of β-amino-alcohol motifs (C(OH)–C–C–N with tert-alkyl or cyclic N) is 1. The minimum atomic E-state index is -0.691. The van der Waals surface area contributed by atoms with Crippen LogP contribution in [0.15, 0.2) is 35.9 Å². The van der Waals surface area contributed by atoms with Crippen LogP contribution in [-0.2, 0) is 19.1 Å². The molecule has 3 aliphatic heterocycles. The number of pyridine rings is 1. The summed E-state index contributed by atoms with van der Waals surface area (Å²) in [6, 6.07) is 3.57. The lowest BCUT2D eigenvalue weighted by Gasteiger charge is -2.38. The number of carbonyl (C=O) groups excluding carboxylic acids is 2. The predicted octanol–water partition coefficient (Wildman–Crippen LogP) is -0.137. The van der Waals surface area contributed by atoms with Gasteiger partial charge in [-0.1, -0.05) is 6.07 Å². The number of amides is 1. The molecule has 5 heterocycles. The number of nitrogens with zero attached hydrogens (tertiary/aromatic N) is 7. The van der Waals surface area contributed by atoms with Crippen molar-refractivity contribution >= 4 is 11.9 Å². The highest BCUT2D eigenvalue weighted by molar-refractivity contribution is 5.95. The van der Waals surface area contributed by atoms with Crippen molar-refractivity contribution in [2.45, 2.75) is 25.4 Å². The van der Waals surface area contributed by atoms with E-state index in [4.69, 9.17) is 9.47 Å². The molecular formula is C22H27N7O5. The fraction of sp³-hybridized carbons (Fsp3) is 0.545. The van der Waals surface area contributed by atoms with Gasteiger partial charge in [0.25, 0.3) is 0 Å². The van der Waals surface area contributed by atoms with Crippen LogP contribution in [0.1, 0.15) is 30.9 Å². The van der Waals surface area contributed by atoms with Gasteiger partial charge in [0, 0.05) is 32.0 Å². The third-order valence-electron chi connectivity index (χ3n) is 7.05. The van der Waals surface area contributed by atoms with Gasteiger partial charge in [0.05, 0.1) is 29.4 Å². The topological polar surface area (TPSA) is 136 Å². The van der Waals surface area contributed by atoms with Crippen molar-refractivity contribution in [1.82, 2.24) is 35.0 Å². The van der Waals surface area contributed by atoms with Crippen LogP contribution in [0, 0.1) is 5.41 Å². The maximum atomic E-state index is 13.4. The zero-order valence-electron chi connectivity index (χ0n) is 19.0. The molecule has 0 aromatic carbocycles. The number of methoxy groups -OCH3 is 1. The normalized spacial score (nSPS) is 21.5. The predicted molar refractivity (Wildman–Crippen MR) is 116 cm³/mol. The second kappa shape index (κ2) is 9.20. The molecule has 0 aliphatic carbocycles. The molecule has 1 spiro atoms. The quantitative estimate of drug-likeness (QED) is 0.546. The van der Waals surface area contributed by atoms with Crippen molar-refractivity contribution in [3.8, 4) is 5.82 Å². The van der Waals surface area contributed by atoms with Crippen LogP contribution in [0.4, 0.5) is 0 Å².